The molecule has 2 rings (SSSR count). The summed E-state index contributed by atoms with van der Waals surface area (Å²) >= 11 is 0. The summed E-state index contributed by atoms with van der Waals surface area (Å²) in [7, 11) is 1.63. The molecule has 0 N–H and O–H groups in total. The maximum atomic E-state index is 12.4. The van der Waals surface area contributed by atoms with Crippen molar-refractivity contribution >= 4 is 11.6 Å². The van der Waals surface area contributed by atoms with Gasteiger partial charge in [-0.2, -0.15) is 18.2 Å². The van der Waals surface area contributed by atoms with Crippen molar-refractivity contribution in [2.24, 2.45) is 5.92 Å². The molecule has 1 aromatic heterocycles. The maximum absolute atomic E-state index is 12.4. The van der Waals surface area contributed by atoms with Gasteiger partial charge < -0.3 is 9.42 Å². The minimum Gasteiger partial charge on any atom is -0.329 e. The number of anilines is 1. The molecule has 0 aliphatic heterocycles. The molecule has 1 heterocycles. The molecule has 22 heavy (non-hydrogen) atoms. The first kappa shape index (κ1) is 16.0. The van der Waals surface area contributed by atoms with E-state index in [1.54, 1.807) is 33.0 Å². The zero-order valence-corrected chi connectivity index (χ0v) is 12.2. The summed E-state index contributed by atoms with van der Waals surface area (Å²) in [5.41, 5.74) is 0.996. The van der Waals surface area contributed by atoms with E-state index in [2.05, 4.69) is 14.7 Å². The molecule has 0 saturated carbocycles. The van der Waals surface area contributed by atoms with Crippen molar-refractivity contribution < 1.29 is 22.5 Å². The first-order valence-corrected chi connectivity index (χ1v) is 6.49. The molecule has 0 aliphatic carbocycles. The van der Waals surface area contributed by atoms with E-state index in [9.17, 15) is 18.0 Å². The third-order valence-electron chi connectivity index (χ3n) is 3.01. The quantitative estimate of drug-likeness (QED) is 0.871. The van der Waals surface area contributed by atoms with Crippen LogP contribution in [0.2, 0.25) is 0 Å². The summed E-state index contributed by atoms with van der Waals surface area (Å²) in [5, 5.41) is 3.30. The highest BCUT2D eigenvalue weighted by Crippen LogP contribution is 2.29. The number of halogens is 3. The van der Waals surface area contributed by atoms with Gasteiger partial charge in [-0.05, 0) is 24.3 Å². The van der Waals surface area contributed by atoms with E-state index in [0.29, 0.717) is 11.3 Å². The van der Waals surface area contributed by atoms with Crippen LogP contribution in [-0.2, 0) is 11.0 Å². The zero-order valence-electron chi connectivity index (χ0n) is 12.2. The number of amides is 1. The van der Waals surface area contributed by atoms with Crippen LogP contribution in [0.3, 0.4) is 0 Å². The van der Waals surface area contributed by atoms with Gasteiger partial charge in [0.15, 0.2) is 0 Å². The van der Waals surface area contributed by atoms with Gasteiger partial charge in [0.05, 0.1) is 0 Å². The van der Waals surface area contributed by atoms with Crippen LogP contribution >= 0.6 is 0 Å². The average Bonchev–Trinajstić information content (AvgIpc) is 2.95. The standard InChI is InChI=1S/C14H14F3N3O2/c1-8(2)12(21)20(3)10-6-4-9(5-7-10)11-18-13(22-19-11)14(15,16)17/h4-8H,1-3H3. The zero-order chi connectivity index (χ0) is 16.5. The van der Waals surface area contributed by atoms with Crippen LogP contribution in [0.5, 0.6) is 0 Å². The van der Waals surface area contributed by atoms with Crippen molar-refractivity contribution in [3.8, 4) is 11.4 Å². The van der Waals surface area contributed by atoms with E-state index in [-0.39, 0.29) is 17.6 Å². The number of carbonyl (C=O) groups is 1. The first-order valence-electron chi connectivity index (χ1n) is 6.49. The molecule has 0 unspecified atom stereocenters. The van der Waals surface area contributed by atoms with Crippen molar-refractivity contribution in [2.45, 2.75) is 20.0 Å². The molecule has 0 atom stereocenters. The minimum absolute atomic E-state index is 0.0633. The van der Waals surface area contributed by atoms with Crippen LogP contribution in [0.15, 0.2) is 28.8 Å². The Labute approximate surface area is 124 Å². The monoisotopic (exact) mass is 313 g/mol. The minimum atomic E-state index is -4.67. The van der Waals surface area contributed by atoms with Crippen LogP contribution < -0.4 is 4.90 Å². The van der Waals surface area contributed by atoms with Gasteiger partial charge in [0.25, 0.3) is 0 Å². The molecule has 118 valence electrons. The topological polar surface area (TPSA) is 59.2 Å². The predicted octanol–water partition coefficient (Wildman–Crippen LogP) is 3.37. The number of aromatic nitrogens is 2. The van der Waals surface area contributed by atoms with E-state index < -0.39 is 12.1 Å². The van der Waals surface area contributed by atoms with Crippen molar-refractivity contribution in [3.05, 3.63) is 30.2 Å². The molecule has 0 saturated heterocycles. The van der Waals surface area contributed by atoms with Crippen LogP contribution in [-0.4, -0.2) is 23.1 Å². The highest BCUT2D eigenvalue weighted by atomic mass is 19.4. The number of hydrogen-bond donors (Lipinski definition) is 0. The van der Waals surface area contributed by atoms with E-state index in [1.807, 2.05) is 0 Å². The number of alkyl halides is 3. The number of benzene rings is 1. The van der Waals surface area contributed by atoms with Gasteiger partial charge in [-0.3, -0.25) is 4.79 Å². The lowest BCUT2D eigenvalue weighted by Gasteiger charge is -2.19. The fourth-order valence-corrected chi connectivity index (χ4v) is 1.80. The second kappa shape index (κ2) is 5.78. The van der Waals surface area contributed by atoms with Gasteiger partial charge in [-0.15, -0.1) is 0 Å². The third-order valence-corrected chi connectivity index (χ3v) is 3.01. The Bertz CT molecular complexity index is 663. The Hall–Kier alpha value is -2.38. The number of rotatable bonds is 3. The molecule has 0 radical (unpaired) electrons. The van der Waals surface area contributed by atoms with Crippen molar-refractivity contribution in [1.82, 2.24) is 10.1 Å². The fraction of sp³-hybridized carbons (Fsp3) is 0.357. The van der Waals surface area contributed by atoms with Gasteiger partial charge >= 0.3 is 12.1 Å². The van der Waals surface area contributed by atoms with E-state index in [0.717, 1.165) is 0 Å². The second-order valence-corrected chi connectivity index (χ2v) is 5.02. The molecule has 0 fully saturated rings. The summed E-state index contributed by atoms with van der Waals surface area (Å²) in [6, 6.07) is 6.29. The predicted molar refractivity (Wildman–Crippen MR) is 73.0 cm³/mol. The van der Waals surface area contributed by atoms with Gasteiger partial charge in [-0.1, -0.05) is 19.0 Å². The lowest BCUT2D eigenvalue weighted by molar-refractivity contribution is -0.159. The van der Waals surface area contributed by atoms with E-state index >= 15 is 0 Å². The smallest absolute Gasteiger partial charge is 0.329 e. The van der Waals surface area contributed by atoms with Gasteiger partial charge in [0.1, 0.15) is 0 Å². The Morgan fingerprint density at radius 3 is 2.27 bits per heavy atom. The second-order valence-electron chi connectivity index (χ2n) is 5.02. The highest BCUT2D eigenvalue weighted by molar-refractivity contribution is 5.94. The summed E-state index contributed by atoms with van der Waals surface area (Å²) in [5.74, 6) is -1.77. The Morgan fingerprint density at radius 1 is 1.23 bits per heavy atom. The molecule has 5 nitrogen and oxygen atoms in total. The van der Waals surface area contributed by atoms with Crippen molar-refractivity contribution in [1.29, 1.82) is 0 Å². The average molecular weight is 313 g/mol. The van der Waals surface area contributed by atoms with Crippen LogP contribution in [0.1, 0.15) is 19.7 Å². The van der Waals surface area contributed by atoms with Gasteiger partial charge in [0, 0.05) is 24.2 Å². The number of hydrogen-bond acceptors (Lipinski definition) is 4. The largest absolute Gasteiger partial charge is 0.471 e. The molecule has 1 amide bonds. The SMILES string of the molecule is CC(C)C(=O)N(C)c1ccc(-c2noc(C(F)(F)F)n2)cc1. The summed E-state index contributed by atoms with van der Waals surface area (Å²) in [4.78, 5) is 16.7. The summed E-state index contributed by atoms with van der Waals surface area (Å²) < 4.78 is 41.4. The maximum Gasteiger partial charge on any atom is 0.471 e. The highest BCUT2D eigenvalue weighted by Gasteiger charge is 2.38. The lowest BCUT2D eigenvalue weighted by atomic mass is 10.1. The molecule has 1 aromatic carbocycles. The molecule has 2 aromatic rings. The molecule has 0 spiro atoms. The van der Waals surface area contributed by atoms with E-state index in [1.165, 1.54) is 17.0 Å². The lowest BCUT2D eigenvalue weighted by Crippen LogP contribution is -2.30. The van der Waals surface area contributed by atoms with Crippen molar-refractivity contribution in [3.63, 3.8) is 0 Å². The number of nitrogens with zero attached hydrogens (tertiary/aromatic N) is 3. The molecular formula is C14H14F3N3O2. The van der Waals surface area contributed by atoms with Gasteiger partial charge in [-0.25, -0.2) is 0 Å². The van der Waals surface area contributed by atoms with Crippen LogP contribution in [0, 0.1) is 5.92 Å². The summed E-state index contributed by atoms with van der Waals surface area (Å²) in [6.07, 6.45) is -4.67. The molecular weight excluding hydrogens is 299 g/mol. The molecule has 0 bridgehead atoms. The fourth-order valence-electron chi connectivity index (χ4n) is 1.80. The normalized spacial score (nSPS) is 11.8. The summed E-state index contributed by atoms with van der Waals surface area (Å²) in [6.45, 7) is 3.57. The number of carbonyl (C=O) groups excluding carboxylic acids is 1. The molecule has 0 aliphatic rings. The van der Waals surface area contributed by atoms with E-state index in [4.69, 9.17) is 0 Å². The first-order chi connectivity index (χ1) is 10.2. The van der Waals surface area contributed by atoms with Gasteiger partial charge in [0.2, 0.25) is 11.7 Å². The van der Waals surface area contributed by atoms with Crippen molar-refractivity contribution in [2.75, 3.05) is 11.9 Å². The van der Waals surface area contributed by atoms with Crippen LogP contribution in [0.4, 0.5) is 18.9 Å². The molecule has 8 heteroatoms. The van der Waals surface area contributed by atoms with Crippen LogP contribution in [0.25, 0.3) is 11.4 Å². The third kappa shape index (κ3) is 3.26. The Morgan fingerprint density at radius 2 is 1.82 bits per heavy atom. The Kier molecular flexibility index (Phi) is 4.20. The Balaban J connectivity index is 2.22.